The lowest BCUT2D eigenvalue weighted by atomic mass is 10.2. The molecule has 0 fully saturated rings. The van der Waals surface area contributed by atoms with E-state index in [-0.39, 0.29) is 29.7 Å². The summed E-state index contributed by atoms with van der Waals surface area (Å²) in [6.07, 6.45) is 0. The third-order valence-electron chi connectivity index (χ3n) is 2.97. The van der Waals surface area contributed by atoms with Gasteiger partial charge in [0, 0.05) is 5.69 Å². The Morgan fingerprint density at radius 1 is 1.27 bits per heavy atom. The molecular weight excluding hydrogens is 393 g/mol. The summed E-state index contributed by atoms with van der Waals surface area (Å²) in [6.45, 7) is 2.39. The number of halogens is 1. The topological polar surface area (TPSA) is 79.9 Å². The predicted octanol–water partition coefficient (Wildman–Crippen LogP) is 3.25. The van der Waals surface area contributed by atoms with Crippen LogP contribution in [0.5, 0.6) is 11.5 Å². The zero-order valence-corrected chi connectivity index (χ0v) is 14.9. The molecular formula is C16H20IN3O2. The number of nitrogens with zero attached hydrogens (tertiary/aromatic N) is 1. The second-order valence-electron chi connectivity index (χ2n) is 4.70. The molecule has 5 nitrogen and oxygen atoms in total. The summed E-state index contributed by atoms with van der Waals surface area (Å²) < 4.78 is 4.99. The van der Waals surface area contributed by atoms with Crippen molar-refractivity contribution in [3.8, 4) is 11.5 Å². The van der Waals surface area contributed by atoms with Crippen LogP contribution in [0.2, 0.25) is 0 Å². The number of hydrogen-bond donors (Lipinski definition) is 3. The quantitative estimate of drug-likeness (QED) is 0.409. The minimum absolute atomic E-state index is 0. The fraction of sp³-hybridized carbons (Fsp3) is 0.188. The molecule has 4 N–H and O–H groups in total. The van der Waals surface area contributed by atoms with Crippen LogP contribution in [0.3, 0.4) is 0 Å². The van der Waals surface area contributed by atoms with E-state index in [4.69, 9.17) is 10.5 Å². The molecule has 22 heavy (non-hydrogen) atoms. The lowest BCUT2D eigenvalue weighted by Gasteiger charge is -2.07. The number of ether oxygens (including phenoxy) is 1. The Morgan fingerprint density at radius 2 is 2.05 bits per heavy atom. The normalized spacial score (nSPS) is 10.7. The highest BCUT2D eigenvalue weighted by molar-refractivity contribution is 14.0. The van der Waals surface area contributed by atoms with Crippen molar-refractivity contribution in [3.63, 3.8) is 0 Å². The molecule has 0 unspecified atom stereocenters. The predicted molar refractivity (Wildman–Crippen MR) is 100 cm³/mol. The average Bonchev–Trinajstić information content (AvgIpc) is 2.45. The van der Waals surface area contributed by atoms with Gasteiger partial charge in [0.2, 0.25) is 0 Å². The van der Waals surface area contributed by atoms with Gasteiger partial charge in [0.25, 0.3) is 0 Å². The summed E-state index contributed by atoms with van der Waals surface area (Å²) in [4.78, 5) is 4.25. The number of nitrogens with two attached hydrogens (primary N) is 1. The molecule has 0 aliphatic rings. The maximum absolute atomic E-state index is 9.70. The van der Waals surface area contributed by atoms with Crippen LogP contribution in [0.15, 0.2) is 47.5 Å². The number of rotatable bonds is 4. The van der Waals surface area contributed by atoms with Crippen molar-refractivity contribution >= 4 is 35.6 Å². The lowest BCUT2D eigenvalue weighted by Crippen LogP contribution is -2.22. The minimum Gasteiger partial charge on any atom is -0.504 e. The number of aromatic hydroxyl groups is 1. The number of anilines is 1. The molecule has 2 aromatic carbocycles. The Bertz CT molecular complexity index is 660. The van der Waals surface area contributed by atoms with Gasteiger partial charge in [-0.15, -0.1) is 24.0 Å². The van der Waals surface area contributed by atoms with Crippen molar-refractivity contribution < 1.29 is 9.84 Å². The van der Waals surface area contributed by atoms with Gasteiger partial charge in [-0.1, -0.05) is 18.2 Å². The monoisotopic (exact) mass is 413 g/mol. The Labute approximate surface area is 147 Å². The van der Waals surface area contributed by atoms with Crippen molar-refractivity contribution in [2.45, 2.75) is 13.5 Å². The molecule has 0 saturated heterocycles. The molecule has 0 aromatic heterocycles. The summed E-state index contributed by atoms with van der Waals surface area (Å²) in [5.74, 6) is 0.861. The van der Waals surface area contributed by atoms with Gasteiger partial charge in [-0.2, -0.15) is 0 Å². The first-order valence-electron chi connectivity index (χ1n) is 6.58. The zero-order valence-electron chi connectivity index (χ0n) is 12.5. The van der Waals surface area contributed by atoms with Gasteiger partial charge in [-0.25, -0.2) is 4.99 Å². The molecule has 0 bridgehead atoms. The standard InChI is InChI=1S/C16H19N3O2.HI/c1-11-4-3-5-13(8-11)19-16(17)18-10-12-6-7-15(21-2)14(20)9-12;/h3-9,20H,10H2,1-2H3,(H3,17,18,19);1H. The Morgan fingerprint density at radius 3 is 2.68 bits per heavy atom. The maximum Gasteiger partial charge on any atom is 0.193 e. The number of benzene rings is 2. The van der Waals surface area contributed by atoms with E-state index in [0.29, 0.717) is 18.3 Å². The van der Waals surface area contributed by atoms with Crippen molar-refractivity contribution in [1.29, 1.82) is 0 Å². The number of phenols is 1. The highest BCUT2D eigenvalue weighted by Crippen LogP contribution is 2.26. The Balaban J connectivity index is 0.00000242. The van der Waals surface area contributed by atoms with Gasteiger partial charge in [0.05, 0.1) is 13.7 Å². The number of hydrogen-bond acceptors (Lipinski definition) is 3. The van der Waals surface area contributed by atoms with E-state index in [1.54, 1.807) is 12.1 Å². The van der Waals surface area contributed by atoms with E-state index in [2.05, 4.69) is 10.3 Å². The number of nitrogens with one attached hydrogen (secondary N) is 1. The molecule has 0 radical (unpaired) electrons. The summed E-state index contributed by atoms with van der Waals surface area (Å²) >= 11 is 0. The van der Waals surface area contributed by atoms with Crippen LogP contribution in [0.4, 0.5) is 5.69 Å². The van der Waals surface area contributed by atoms with Crippen LogP contribution in [-0.2, 0) is 6.54 Å². The smallest absolute Gasteiger partial charge is 0.193 e. The van der Waals surface area contributed by atoms with Crippen LogP contribution >= 0.6 is 24.0 Å². The first kappa shape index (κ1) is 18.1. The Hall–Kier alpha value is -1.96. The van der Waals surface area contributed by atoms with Gasteiger partial charge >= 0.3 is 0 Å². The number of aryl methyl sites for hydroxylation is 1. The number of guanidine groups is 1. The van der Waals surface area contributed by atoms with Crippen molar-refractivity contribution in [2.75, 3.05) is 12.4 Å². The van der Waals surface area contributed by atoms with Gasteiger partial charge in [0.1, 0.15) is 0 Å². The molecule has 6 heteroatoms. The third kappa shape index (κ3) is 5.10. The highest BCUT2D eigenvalue weighted by atomic mass is 127. The van der Waals surface area contributed by atoms with Crippen molar-refractivity contribution in [2.24, 2.45) is 10.7 Å². The molecule has 0 aliphatic carbocycles. The Kier molecular flexibility index (Phi) is 6.97. The van der Waals surface area contributed by atoms with Gasteiger partial charge in [-0.05, 0) is 42.3 Å². The van der Waals surface area contributed by atoms with Crippen LogP contribution < -0.4 is 15.8 Å². The van der Waals surface area contributed by atoms with Crippen LogP contribution in [0.1, 0.15) is 11.1 Å². The molecule has 0 heterocycles. The fourth-order valence-electron chi connectivity index (χ4n) is 1.92. The van der Waals surface area contributed by atoms with E-state index in [9.17, 15) is 5.11 Å². The van der Waals surface area contributed by atoms with E-state index < -0.39 is 0 Å². The average molecular weight is 413 g/mol. The summed E-state index contributed by atoms with van der Waals surface area (Å²) in [5, 5.41) is 12.7. The van der Waals surface area contributed by atoms with Crippen molar-refractivity contribution in [3.05, 3.63) is 53.6 Å². The fourth-order valence-corrected chi connectivity index (χ4v) is 1.92. The first-order chi connectivity index (χ1) is 10.1. The summed E-state index contributed by atoms with van der Waals surface area (Å²) in [5.41, 5.74) is 8.74. The zero-order chi connectivity index (χ0) is 15.2. The molecule has 0 spiro atoms. The molecule has 0 amide bonds. The van der Waals surface area contributed by atoms with Gasteiger partial charge in [-0.3, -0.25) is 0 Å². The van der Waals surface area contributed by atoms with Gasteiger partial charge < -0.3 is 20.9 Å². The third-order valence-corrected chi connectivity index (χ3v) is 2.97. The lowest BCUT2D eigenvalue weighted by molar-refractivity contribution is 0.373. The maximum atomic E-state index is 9.70. The number of methoxy groups -OCH3 is 1. The van der Waals surface area contributed by atoms with Crippen LogP contribution in [0, 0.1) is 6.92 Å². The van der Waals surface area contributed by atoms with E-state index in [1.165, 1.54) is 7.11 Å². The molecule has 0 saturated carbocycles. The molecule has 2 aromatic rings. The van der Waals surface area contributed by atoms with E-state index in [1.807, 2.05) is 37.3 Å². The minimum atomic E-state index is 0. The number of phenolic OH excluding ortho intramolecular Hbond substituents is 1. The first-order valence-corrected chi connectivity index (χ1v) is 6.58. The number of aliphatic imine (C=N–C) groups is 1. The molecule has 118 valence electrons. The second kappa shape index (κ2) is 8.47. The summed E-state index contributed by atoms with van der Waals surface area (Å²) in [7, 11) is 1.51. The highest BCUT2D eigenvalue weighted by Gasteiger charge is 2.02. The molecule has 2 rings (SSSR count). The SMILES string of the molecule is COc1ccc(CN=C(N)Nc2cccc(C)c2)cc1O.I. The summed E-state index contributed by atoms with van der Waals surface area (Å²) in [6, 6.07) is 13.0. The van der Waals surface area contributed by atoms with E-state index in [0.717, 1.165) is 16.8 Å². The van der Waals surface area contributed by atoms with Gasteiger partial charge in [0.15, 0.2) is 17.5 Å². The van der Waals surface area contributed by atoms with Crippen LogP contribution in [0.25, 0.3) is 0 Å². The molecule has 0 atom stereocenters. The largest absolute Gasteiger partial charge is 0.504 e. The molecule has 0 aliphatic heterocycles. The second-order valence-corrected chi connectivity index (χ2v) is 4.70. The van der Waals surface area contributed by atoms with Crippen LogP contribution in [-0.4, -0.2) is 18.2 Å². The van der Waals surface area contributed by atoms with Crippen molar-refractivity contribution in [1.82, 2.24) is 0 Å². The van der Waals surface area contributed by atoms with E-state index >= 15 is 0 Å².